The summed E-state index contributed by atoms with van der Waals surface area (Å²) in [7, 11) is 0. The van der Waals surface area contributed by atoms with Gasteiger partial charge >= 0.3 is 0 Å². The molecule has 4 nitrogen and oxygen atoms in total. The van der Waals surface area contributed by atoms with E-state index in [2.05, 4.69) is 0 Å². The first-order chi connectivity index (χ1) is 5.13. The van der Waals surface area contributed by atoms with Crippen molar-refractivity contribution in [2.75, 3.05) is 0 Å². The lowest BCUT2D eigenvalue weighted by Gasteiger charge is -1.97. The van der Waals surface area contributed by atoms with Crippen LogP contribution in [0.5, 0.6) is 0 Å². The van der Waals surface area contributed by atoms with Crippen LogP contribution in [0.3, 0.4) is 0 Å². The first-order valence-electron chi connectivity index (χ1n) is 2.96. The molecule has 5 heteroatoms. The summed E-state index contributed by atoms with van der Waals surface area (Å²) in [5.74, 6) is -0.147. The second-order valence-electron chi connectivity index (χ2n) is 1.79. The SMILES string of the molecule is CC#N.O=C1CCC(=O)N1I. The van der Waals surface area contributed by atoms with E-state index in [4.69, 9.17) is 5.26 Å². The fourth-order valence-corrected chi connectivity index (χ4v) is 1.03. The molecule has 1 fully saturated rings. The Kier molecular flexibility index (Phi) is 4.77. The van der Waals surface area contributed by atoms with E-state index in [9.17, 15) is 9.59 Å². The number of carbonyl (C=O) groups is 2. The molecule has 60 valence electrons. The minimum atomic E-state index is -0.0735. The molecule has 0 aliphatic carbocycles. The van der Waals surface area contributed by atoms with Crippen LogP contribution in [0.1, 0.15) is 19.8 Å². The predicted octanol–water partition coefficient (Wildman–Crippen LogP) is 1.02. The number of carbonyl (C=O) groups excluding carboxylic acids is 2. The Morgan fingerprint density at radius 1 is 1.45 bits per heavy atom. The van der Waals surface area contributed by atoms with Crippen molar-refractivity contribution in [2.24, 2.45) is 0 Å². The van der Waals surface area contributed by atoms with E-state index in [0.717, 1.165) is 3.11 Å². The van der Waals surface area contributed by atoms with E-state index >= 15 is 0 Å². The maximum atomic E-state index is 10.5. The number of rotatable bonds is 0. The molecule has 1 aliphatic rings. The molecule has 1 rings (SSSR count). The Bertz CT molecular complexity index is 193. The van der Waals surface area contributed by atoms with Gasteiger partial charge in [-0.15, -0.1) is 0 Å². The lowest BCUT2D eigenvalue weighted by molar-refractivity contribution is -0.130. The molecule has 0 saturated carbocycles. The third-order valence-corrected chi connectivity index (χ3v) is 2.07. The van der Waals surface area contributed by atoms with Gasteiger partial charge in [-0.05, 0) is 0 Å². The van der Waals surface area contributed by atoms with Gasteiger partial charge in [0.25, 0.3) is 0 Å². The molecule has 0 aromatic rings. The highest BCUT2D eigenvalue weighted by Crippen LogP contribution is 2.15. The minimum Gasteiger partial charge on any atom is -0.274 e. The first-order valence-corrected chi connectivity index (χ1v) is 3.92. The van der Waals surface area contributed by atoms with E-state index in [1.807, 2.05) is 0 Å². The Hall–Kier alpha value is -0.640. The van der Waals surface area contributed by atoms with Crippen molar-refractivity contribution >= 4 is 34.7 Å². The molecule has 0 unspecified atom stereocenters. The number of imide groups is 1. The van der Waals surface area contributed by atoms with E-state index in [1.165, 1.54) is 6.92 Å². The van der Waals surface area contributed by atoms with E-state index < -0.39 is 0 Å². The van der Waals surface area contributed by atoms with Gasteiger partial charge in [0.05, 0.1) is 28.9 Å². The van der Waals surface area contributed by atoms with Crippen LogP contribution in [0, 0.1) is 11.3 Å². The van der Waals surface area contributed by atoms with Crippen LogP contribution in [-0.2, 0) is 9.59 Å². The summed E-state index contributed by atoms with van der Waals surface area (Å²) in [6.07, 6.45) is 0.781. The molecular formula is C6H7IN2O2. The third-order valence-electron chi connectivity index (χ3n) is 0.991. The number of amides is 2. The zero-order chi connectivity index (χ0) is 8.85. The van der Waals surface area contributed by atoms with Crippen molar-refractivity contribution in [1.29, 1.82) is 5.26 Å². The van der Waals surface area contributed by atoms with Crippen molar-refractivity contribution in [3.05, 3.63) is 0 Å². The average Bonchev–Trinajstić information content (AvgIpc) is 2.22. The van der Waals surface area contributed by atoms with E-state index in [0.29, 0.717) is 12.8 Å². The standard InChI is InChI=1S/C4H4INO2.C2H3N/c5-6-3(7)1-2-4(6)8;1-2-3/h1-2H2;1H3. The quantitative estimate of drug-likeness (QED) is 0.373. The van der Waals surface area contributed by atoms with Crippen molar-refractivity contribution in [3.8, 4) is 6.07 Å². The highest BCUT2D eigenvalue weighted by Gasteiger charge is 2.26. The lowest BCUT2D eigenvalue weighted by Crippen LogP contribution is -2.16. The zero-order valence-corrected chi connectivity index (χ0v) is 8.16. The fourth-order valence-electron chi connectivity index (χ4n) is 0.549. The average molecular weight is 266 g/mol. The van der Waals surface area contributed by atoms with Gasteiger partial charge in [0.15, 0.2) is 0 Å². The Morgan fingerprint density at radius 3 is 1.82 bits per heavy atom. The Labute approximate surface area is 78.7 Å². The van der Waals surface area contributed by atoms with Crippen LogP contribution in [0.4, 0.5) is 0 Å². The van der Waals surface area contributed by atoms with Crippen molar-refractivity contribution < 1.29 is 9.59 Å². The fraction of sp³-hybridized carbons (Fsp3) is 0.500. The second-order valence-corrected chi connectivity index (χ2v) is 2.76. The normalized spacial score (nSPS) is 15.5. The number of nitriles is 1. The van der Waals surface area contributed by atoms with Gasteiger partial charge < -0.3 is 0 Å². The highest BCUT2D eigenvalue weighted by molar-refractivity contribution is 14.1. The van der Waals surface area contributed by atoms with Crippen LogP contribution in [0.15, 0.2) is 0 Å². The summed E-state index contributed by atoms with van der Waals surface area (Å²) in [6, 6.07) is 1.75. The molecule has 2 amide bonds. The van der Waals surface area contributed by atoms with Crippen molar-refractivity contribution in [3.63, 3.8) is 0 Å². The molecule has 0 aromatic heterocycles. The maximum absolute atomic E-state index is 10.5. The zero-order valence-electron chi connectivity index (χ0n) is 6.00. The molecular weight excluding hydrogens is 259 g/mol. The number of halogens is 1. The van der Waals surface area contributed by atoms with Crippen LogP contribution in [0.25, 0.3) is 0 Å². The molecule has 0 N–H and O–H groups in total. The van der Waals surface area contributed by atoms with Crippen LogP contribution >= 0.6 is 22.9 Å². The minimum absolute atomic E-state index is 0.0735. The number of hydrogen-bond donors (Lipinski definition) is 0. The predicted molar refractivity (Wildman–Crippen MR) is 46.4 cm³/mol. The van der Waals surface area contributed by atoms with Gasteiger partial charge in [-0.3, -0.25) is 9.59 Å². The molecule has 0 bridgehead atoms. The molecule has 0 atom stereocenters. The largest absolute Gasteiger partial charge is 0.274 e. The summed E-state index contributed by atoms with van der Waals surface area (Å²) in [5.41, 5.74) is 0. The van der Waals surface area contributed by atoms with Gasteiger partial charge in [0.2, 0.25) is 11.8 Å². The molecule has 0 spiro atoms. The van der Waals surface area contributed by atoms with Gasteiger partial charge in [-0.25, -0.2) is 3.11 Å². The third kappa shape index (κ3) is 3.32. The van der Waals surface area contributed by atoms with Crippen molar-refractivity contribution in [2.45, 2.75) is 19.8 Å². The summed E-state index contributed by atoms with van der Waals surface area (Å²) in [4.78, 5) is 21.0. The molecule has 1 saturated heterocycles. The molecule has 1 aliphatic heterocycles. The summed E-state index contributed by atoms with van der Waals surface area (Å²) < 4.78 is 1.14. The lowest BCUT2D eigenvalue weighted by atomic mass is 10.4. The molecule has 0 radical (unpaired) electrons. The number of nitrogens with zero attached hydrogens (tertiary/aromatic N) is 2. The van der Waals surface area contributed by atoms with E-state index in [1.54, 1.807) is 28.9 Å². The Balaban J connectivity index is 0.000000292. The highest BCUT2D eigenvalue weighted by atomic mass is 127. The topological polar surface area (TPSA) is 61.2 Å². The summed E-state index contributed by atoms with van der Waals surface area (Å²) in [5, 5.41) is 7.32. The first kappa shape index (κ1) is 10.4. The summed E-state index contributed by atoms with van der Waals surface area (Å²) >= 11 is 1.72. The molecule has 11 heavy (non-hydrogen) atoms. The molecule has 1 heterocycles. The van der Waals surface area contributed by atoms with Crippen molar-refractivity contribution in [1.82, 2.24) is 3.11 Å². The monoisotopic (exact) mass is 266 g/mol. The van der Waals surface area contributed by atoms with Crippen LogP contribution in [-0.4, -0.2) is 14.9 Å². The van der Waals surface area contributed by atoms with Gasteiger partial charge in [-0.2, -0.15) is 5.26 Å². The van der Waals surface area contributed by atoms with Crippen LogP contribution in [0.2, 0.25) is 0 Å². The van der Waals surface area contributed by atoms with Gasteiger partial charge in [0.1, 0.15) is 0 Å². The smallest absolute Gasteiger partial charge is 0.238 e. The Morgan fingerprint density at radius 2 is 1.73 bits per heavy atom. The summed E-state index contributed by atoms with van der Waals surface area (Å²) in [6.45, 7) is 1.43. The van der Waals surface area contributed by atoms with Gasteiger partial charge in [-0.1, -0.05) is 0 Å². The van der Waals surface area contributed by atoms with E-state index in [-0.39, 0.29) is 11.8 Å². The van der Waals surface area contributed by atoms with Crippen LogP contribution < -0.4 is 0 Å². The van der Waals surface area contributed by atoms with Gasteiger partial charge in [0, 0.05) is 19.8 Å². The molecule has 0 aromatic carbocycles. The number of hydrogen-bond acceptors (Lipinski definition) is 3. The second kappa shape index (κ2) is 5.07. The maximum Gasteiger partial charge on any atom is 0.238 e.